The van der Waals surface area contributed by atoms with E-state index in [1.807, 2.05) is 20.2 Å². The van der Waals surface area contributed by atoms with Crippen LogP contribution in [0.15, 0.2) is 24.3 Å². The minimum absolute atomic E-state index is 0.145. The molecule has 0 bridgehead atoms. The molecule has 0 radical (unpaired) electrons. The van der Waals surface area contributed by atoms with Crippen molar-refractivity contribution < 1.29 is 4.79 Å². The number of rotatable bonds is 2. The maximum absolute atomic E-state index is 11.9. The van der Waals surface area contributed by atoms with Gasteiger partial charge in [-0.05, 0) is 60.2 Å². The van der Waals surface area contributed by atoms with Crippen LogP contribution in [0.4, 0.5) is 5.69 Å². The number of carbonyl (C=O) groups is 1. The number of aryl methyl sites for hydroxylation is 2. The van der Waals surface area contributed by atoms with Gasteiger partial charge < -0.3 is 4.90 Å². The summed E-state index contributed by atoms with van der Waals surface area (Å²) >= 11 is 0. The molecule has 0 fully saturated rings. The third-order valence-corrected chi connectivity index (χ3v) is 4.05. The summed E-state index contributed by atoms with van der Waals surface area (Å²) in [5, 5.41) is 2.30. The van der Waals surface area contributed by atoms with Crippen LogP contribution in [0.5, 0.6) is 0 Å². The monoisotopic (exact) mass is 253 g/mol. The number of carbonyl (C=O) groups excluding carboxylic acids is 1. The van der Waals surface area contributed by atoms with Crippen LogP contribution in [0, 0.1) is 0 Å². The highest BCUT2D eigenvalue weighted by Crippen LogP contribution is 2.32. The fourth-order valence-electron chi connectivity index (χ4n) is 2.97. The first-order valence-corrected chi connectivity index (χ1v) is 6.84. The maximum Gasteiger partial charge on any atom is 0.160 e. The molecule has 0 unspecified atom stereocenters. The second-order valence-corrected chi connectivity index (χ2v) is 5.64. The van der Waals surface area contributed by atoms with E-state index in [9.17, 15) is 4.79 Å². The van der Waals surface area contributed by atoms with Crippen LogP contribution < -0.4 is 4.90 Å². The van der Waals surface area contributed by atoms with Crippen molar-refractivity contribution in [3.63, 3.8) is 0 Å². The van der Waals surface area contributed by atoms with Gasteiger partial charge in [0.15, 0.2) is 5.78 Å². The number of hydrogen-bond acceptors (Lipinski definition) is 2. The van der Waals surface area contributed by atoms with E-state index in [0.29, 0.717) is 0 Å². The molecule has 0 aromatic heterocycles. The molecule has 0 atom stereocenters. The molecule has 3 rings (SSSR count). The predicted octanol–water partition coefficient (Wildman–Crippen LogP) is 3.60. The highest BCUT2D eigenvalue weighted by atomic mass is 16.1. The number of fused-ring (bicyclic) bond motifs is 2. The summed E-state index contributed by atoms with van der Waals surface area (Å²) in [7, 11) is 4.02. The average Bonchev–Trinajstić information content (AvgIpc) is 2.81. The number of Topliss-reactive ketones (excluding diaryl/α,β-unsaturated/α-hetero) is 1. The van der Waals surface area contributed by atoms with Crippen LogP contribution in [-0.4, -0.2) is 19.9 Å². The van der Waals surface area contributed by atoms with Gasteiger partial charge in [-0.25, -0.2) is 0 Å². The van der Waals surface area contributed by atoms with Crippen LogP contribution in [0.25, 0.3) is 10.8 Å². The Balaban J connectivity index is 2.33. The Morgan fingerprint density at radius 3 is 2.37 bits per heavy atom. The van der Waals surface area contributed by atoms with E-state index >= 15 is 0 Å². The average molecular weight is 253 g/mol. The second kappa shape index (κ2) is 4.37. The number of anilines is 1. The smallest absolute Gasteiger partial charge is 0.160 e. The van der Waals surface area contributed by atoms with Gasteiger partial charge in [0.25, 0.3) is 0 Å². The first-order chi connectivity index (χ1) is 9.06. The Morgan fingerprint density at radius 1 is 1.05 bits per heavy atom. The summed E-state index contributed by atoms with van der Waals surface area (Å²) in [5.41, 5.74) is 4.82. The molecule has 19 heavy (non-hydrogen) atoms. The van der Waals surface area contributed by atoms with E-state index in [1.165, 1.54) is 29.4 Å². The van der Waals surface area contributed by atoms with Gasteiger partial charge in [0.05, 0.1) is 0 Å². The van der Waals surface area contributed by atoms with Gasteiger partial charge in [-0.1, -0.05) is 12.1 Å². The van der Waals surface area contributed by atoms with Gasteiger partial charge >= 0.3 is 0 Å². The van der Waals surface area contributed by atoms with Crippen molar-refractivity contribution in [2.45, 2.75) is 26.2 Å². The van der Waals surface area contributed by atoms with Crippen LogP contribution in [-0.2, 0) is 12.8 Å². The number of benzene rings is 2. The Kier molecular flexibility index (Phi) is 2.81. The Hall–Kier alpha value is -1.83. The number of ketones is 1. The molecule has 1 aliphatic carbocycles. The van der Waals surface area contributed by atoms with E-state index in [1.54, 1.807) is 6.92 Å². The molecule has 98 valence electrons. The van der Waals surface area contributed by atoms with Crippen molar-refractivity contribution in [2.75, 3.05) is 19.0 Å². The predicted molar refractivity (Wildman–Crippen MR) is 80.3 cm³/mol. The van der Waals surface area contributed by atoms with Crippen molar-refractivity contribution in [1.82, 2.24) is 0 Å². The lowest BCUT2D eigenvalue weighted by atomic mass is 9.96. The first-order valence-electron chi connectivity index (χ1n) is 6.84. The molecule has 0 saturated carbocycles. The molecule has 0 heterocycles. The Morgan fingerprint density at radius 2 is 1.74 bits per heavy atom. The molecular weight excluding hydrogens is 234 g/mol. The van der Waals surface area contributed by atoms with E-state index in [-0.39, 0.29) is 5.78 Å². The van der Waals surface area contributed by atoms with Gasteiger partial charge in [0, 0.05) is 25.3 Å². The molecule has 0 amide bonds. The molecule has 0 N–H and O–H groups in total. The third kappa shape index (κ3) is 2.01. The molecular formula is C17H19NO. The summed E-state index contributed by atoms with van der Waals surface area (Å²) in [6.45, 7) is 1.65. The molecule has 1 aliphatic rings. The van der Waals surface area contributed by atoms with Crippen molar-refractivity contribution in [1.29, 1.82) is 0 Å². The summed E-state index contributed by atoms with van der Waals surface area (Å²) in [5.74, 6) is 0.145. The highest BCUT2D eigenvalue weighted by Gasteiger charge is 2.15. The second-order valence-electron chi connectivity index (χ2n) is 5.64. The van der Waals surface area contributed by atoms with Crippen molar-refractivity contribution in [3.8, 4) is 0 Å². The Bertz CT molecular complexity index is 671. The lowest BCUT2D eigenvalue weighted by Gasteiger charge is -2.16. The minimum atomic E-state index is 0.145. The van der Waals surface area contributed by atoms with E-state index in [0.717, 1.165) is 23.1 Å². The number of hydrogen-bond donors (Lipinski definition) is 0. The summed E-state index contributed by atoms with van der Waals surface area (Å²) in [6.07, 6.45) is 3.56. The van der Waals surface area contributed by atoms with Gasteiger partial charge in [0.1, 0.15) is 0 Å². The van der Waals surface area contributed by atoms with E-state index in [4.69, 9.17) is 0 Å². The largest absolute Gasteiger partial charge is 0.378 e. The fourth-order valence-corrected chi connectivity index (χ4v) is 2.97. The maximum atomic E-state index is 11.9. The topological polar surface area (TPSA) is 20.3 Å². The lowest BCUT2D eigenvalue weighted by Crippen LogP contribution is -2.10. The van der Waals surface area contributed by atoms with Crippen LogP contribution in [0.1, 0.15) is 34.8 Å². The van der Waals surface area contributed by atoms with Crippen LogP contribution >= 0.6 is 0 Å². The standard InChI is InChI=1S/C17H19NO/c1-11(19)16-10-15(18(2)3)8-14-7-12-5-4-6-13(12)9-17(14)16/h7-10H,4-6H2,1-3H3. The summed E-state index contributed by atoms with van der Waals surface area (Å²) in [6, 6.07) is 8.69. The minimum Gasteiger partial charge on any atom is -0.378 e. The SMILES string of the molecule is CC(=O)c1cc(N(C)C)cc2cc3c(cc12)CCC3. The molecule has 0 spiro atoms. The highest BCUT2D eigenvalue weighted by molar-refractivity contribution is 6.08. The summed E-state index contributed by atoms with van der Waals surface area (Å²) < 4.78 is 0. The first kappa shape index (κ1) is 12.2. The van der Waals surface area contributed by atoms with Crippen molar-refractivity contribution in [2.24, 2.45) is 0 Å². The van der Waals surface area contributed by atoms with Crippen LogP contribution in [0.3, 0.4) is 0 Å². The van der Waals surface area contributed by atoms with Crippen molar-refractivity contribution in [3.05, 3.63) is 41.0 Å². The van der Waals surface area contributed by atoms with Gasteiger partial charge in [0.2, 0.25) is 0 Å². The fraction of sp³-hybridized carbons (Fsp3) is 0.353. The third-order valence-electron chi connectivity index (χ3n) is 4.05. The lowest BCUT2D eigenvalue weighted by molar-refractivity contribution is 0.101. The zero-order chi connectivity index (χ0) is 13.6. The summed E-state index contributed by atoms with van der Waals surface area (Å²) in [4.78, 5) is 14.0. The number of nitrogens with zero attached hydrogens (tertiary/aromatic N) is 1. The molecule has 2 heteroatoms. The van der Waals surface area contributed by atoms with E-state index < -0.39 is 0 Å². The van der Waals surface area contributed by atoms with Gasteiger partial charge in [-0.2, -0.15) is 0 Å². The Labute approximate surface area is 114 Å². The van der Waals surface area contributed by atoms with Gasteiger partial charge in [-0.15, -0.1) is 0 Å². The van der Waals surface area contributed by atoms with E-state index in [2.05, 4.69) is 23.1 Å². The molecule has 2 aromatic carbocycles. The molecule has 0 aliphatic heterocycles. The van der Waals surface area contributed by atoms with Gasteiger partial charge in [-0.3, -0.25) is 4.79 Å². The molecule has 2 aromatic rings. The zero-order valence-electron chi connectivity index (χ0n) is 11.8. The normalized spacial score (nSPS) is 13.6. The molecule has 2 nitrogen and oxygen atoms in total. The van der Waals surface area contributed by atoms with Crippen LogP contribution in [0.2, 0.25) is 0 Å². The zero-order valence-corrected chi connectivity index (χ0v) is 11.8. The van der Waals surface area contributed by atoms with Crippen molar-refractivity contribution >= 4 is 22.2 Å². The quantitative estimate of drug-likeness (QED) is 0.762. The molecule has 0 saturated heterocycles.